The van der Waals surface area contributed by atoms with Crippen molar-refractivity contribution >= 4 is 29.2 Å². The number of hydrogen-bond donors (Lipinski definition) is 0. The summed E-state index contributed by atoms with van der Waals surface area (Å²) in [4.78, 5) is 10.6. The SMILES string of the molecule is Clc1cc(Cl)nc(N2C[C@@H]3OCc4c(-c5ccccc5)nnn4[C@H]3C2)n1. The molecule has 3 aromatic rings. The maximum Gasteiger partial charge on any atom is 0.228 e. The van der Waals surface area contributed by atoms with Crippen molar-refractivity contribution in [3.05, 3.63) is 52.4 Å². The van der Waals surface area contributed by atoms with Crippen molar-refractivity contribution < 1.29 is 4.74 Å². The highest BCUT2D eigenvalue weighted by molar-refractivity contribution is 6.33. The fraction of sp³-hybridized carbons (Fsp3) is 0.294. The molecule has 1 fully saturated rings. The van der Waals surface area contributed by atoms with Gasteiger partial charge in [0.1, 0.15) is 16.0 Å². The zero-order chi connectivity index (χ0) is 17.7. The predicted octanol–water partition coefficient (Wildman–Crippen LogP) is 3.00. The van der Waals surface area contributed by atoms with Gasteiger partial charge in [-0.1, -0.05) is 58.7 Å². The van der Waals surface area contributed by atoms with E-state index in [1.165, 1.54) is 6.07 Å². The van der Waals surface area contributed by atoms with Crippen LogP contribution in [0.25, 0.3) is 11.3 Å². The molecule has 0 spiro atoms. The van der Waals surface area contributed by atoms with Crippen molar-refractivity contribution in [3.63, 3.8) is 0 Å². The van der Waals surface area contributed by atoms with Gasteiger partial charge in [0.05, 0.1) is 24.4 Å². The van der Waals surface area contributed by atoms with Gasteiger partial charge in [-0.3, -0.25) is 0 Å². The van der Waals surface area contributed by atoms with Crippen molar-refractivity contribution in [1.82, 2.24) is 25.0 Å². The van der Waals surface area contributed by atoms with E-state index < -0.39 is 0 Å². The molecule has 2 aliphatic rings. The van der Waals surface area contributed by atoms with E-state index >= 15 is 0 Å². The average Bonchev–Trinajstić information content (AvgIpc) is 3.25. The molecular weight excluding hydrogens is 375 g/mol. The molecule has 7 nitrogen and oxygen atoms in total. The van der Waals surface area contributed by atoms with Crippen LogP contribution in [0, 0.1) is 0 Å². The molecule has 2 atom stereocenters. The molecule has 2 aromatic heterocycles. The first-order valence-electron chi connectivity index (χ1n) is 8.25. The van der Waals surface area contributed by atoms with E-state index in [0.717, 1.165) is 17.0 Å². The van der Waals surface area contributed by atoms with Gasteiger partial charge in [0.25, 0.3) is 0 Å². The molecule has 9 heteroatoms. The number of aromatic nitrogens is 5. The van der Waals surface area contributed by atoms with E-state index in [1.54, 1.807) is 0 Å². The van der Waals surface area contributed by atoms with E-state index in [0.29, 0.717) is 36.0 Å². The van der Waals surface area contributed by atoms with E-state index in [2.05, 4.69) is 20.3 Å². The molecule has 0 unspecified atom stereocenters. The van der Waals surface area contributed by atoms with E-state index in [4.69, 9.17) is 27.9 Å². The van der Waals surface area contributed by atoms with Crippen LogP contribution in [0.15, 0.2) is 36.4 Å². The lowest BCUT2D eigenvalue weighted by Gasteiger charge is -2.26. The Labute approximate surface area is 159 Å². The smallest absolute Gasteiger partial charge is 0.228 e. The van der Waals surface area contributed by atoms with E-state index in [1.807, 2.05) is 39.9 Å². The standard InChI is InChI=1S/C17H14Cl2N6O/c18-14-6-15(19)21-17(20-14)24-7-11-13(8-24)26-9-12-16(22-23-25(11)12)10-4-2-1-3-5-10/h1-6,11,13H,7-9H2/t11-,13-/m0/s1. The summed E-state index contributed by atoms with van der Waals surface area (Å²) < 4.78 is 8.07. The summed E-state index contributed by atoms with van der Waals surface area (Å²) in [5, 5.41) is 9.45. The third-order valence-electron chi connectivity index (χ3n) is 4.76. The van der Waals surface area contributed by atoms with Gasteiger partial charge in [-0.2, -0.15) is 0 Å². The topological polar surface area (TPSA) is 69.0 Å². The maximum atomic E-state index is 6.10. The summed E-state index contributed by atoms with van der Waals surface area (Å²) in [6.07, 6.45) is -0.00539. The Hall–Kier alpha value is -2.22. The minimum atomic E-state index is -0.00539. The van der Waals surface area contributed by atoms with Gasteiger partial charge in [-0.05, 0) is 0 Å². The molecule has 26 heavy (non-hydrogen) atoms. The summed E-state index contributed by atoms with van der Waals surface area (Å²) in [6.45, 7) is 1.79. The van der Waals surface area contributed by atoms with Gasteiger partial charge < -0.3 is 9.64 Å². The third-order valence-corrected chi connectivity index (χ3v) is 5.15. The fourth-order valence-electron chi connectivity index (χ4n) is 3.56. The second kappa shape index (κ2) is 6.19. The molecule has 0 amide bonds. The normalized spacial score (nSPS) is 21.5. The number of benzene rings is 1. The lowest BCUT2D eigenvalue weighted by molar-refractivity contribution is -0.00227. The number of ether oxygens (including phenoxy) is 1. The van der Waals surface area contributed by atoms with Crippen LogP contribution < -0.4 is 4.90 Å². The average molecular weight is 389 g/mol. The molecule has 2 aliphatic heterocycles. The van der Waals surface area contributed by atoms with Gasteiger partial charge in [-0.25, -0.2) is 14.6 Å². The molecule has 0 N–H and O–H groups in total. The lowest BCUT2D eigenvalue weighted by atomic mass is 10.1. The second-order valence-corrected chi connectivity index (χ2v) is 7.11. The quantitative estimate of drug-likeness (QED) is 0.628. The first-order chi connectivity index (χ1) is 12.7. The second-order valence-electron chi connectivity index (χ2n) is 6.33. The van der Waals surface area contributed by atoms with E-state index in [9.17, 15) is 0 Å². The molecule has 5 rings (SSSR count). The molecule has 1 aromatic carbocycles. The highest BCUT2D eigenvalue weighted by atomic mass is 35.5. The van der Waals surface area contributed by atoms with Crippen LogP contribution >= 0.6 is 23.2 Å². The Morgan fingerprint density at radius 1 is 1.04 bits per heavy atom. The van der Waals surface area contributed by atoms with Gasteiger partial charge >= 0.3 is 0 Å². The molecule has 0 saturated carbocycles. The fourth-order valence-corrected chi connectivity index (χ4v) is 3.97. The van der Waals surface area contributed by atoms with Crippen molar-refractivity contribution in [1.29, 1.82) is 0 Å². The zero-order valence-corrected chi connectivity index (χ0v) is 15.1. The third kappa shape index (κ3) is 2.63. The molecular formula is C17H14Cl2N6O. The summed E-state index contributed by atoms with van der Waals surface area (Å²) >= 11 is 12.0. The summed E-state index contributed by atoms with van der Waals surface area (Å²) in [5.74, 6) is 0.505. The minimum Gasteiger partial charge on any atom is -0.368 e. The van der Waals surface area contributed by atoms with Crippen LogP contribution in [0.1, 0.15) is 11.7 Å². The number of hydrogen-bond acceptors (Lipinski definition) is 6. The van der Waals surface area contributed by atoms with Gasteiger partial charge in [0.15, 0.2) is 0 Å². The highest BCUT2D eigenvalue weighted by Crippen LogP contribution is 2.35. The van der Waals surface area contributed by atoms with Crippen LogP contribution in [0.4, 0.5) is 5.95 Å². The van der Waals surface area contributed by atoms with Crippen LogP contribution in [-0.4, -0.2) is 44.2 Å². The van der Waals surface area contributed by atoms with Crippen LogP contribution in [0.2, 0.25) is 10.3 Å². The maximum absolute atomic E-state index is 6.10. The Morgan fingerprint density at radius 3 is 2.58 bits per heavy atom. The predicted molar refractivity (Wildman–Crippen MR) is 97.3 cm³/mol. The number of fused-ring (bicyclic) bond motifs is 3. The number of nitrogens with zero attached hydrogens (tertiary/aromatic N) is 6. The first kappa shape index (κ1) is 16.0. The van der Waals surface area contributed by atoms with Gasteiger partial charge in [0, 0.05) is 24.7 Å². The number of rotatable bonds is 2. The Morgan fingerprint density at radius 2 is 1.81 bits per heavy atom. The molecule has 132 valence electrons. The molecule has 1 saturated heterocycles. The Balaban J connectivity index is 1.47. The zero-order valence-electron chi connectivity index (χ0n) is 13.6. The number of anilines is 1. The summed E-state index contributed by atoms with van der Waals surface area (Å²) in [5.41, 5.74) is 2.89. The van der Waals surface area contributed by atoms with Crippen molar-refractivity contribution in [2.45, 2.75) is 18.8 Å². The monoisotopic (exact) mass is 388 g/mol. The molecule has 0 bridgehead atoms. The van der Waals surface area contributed by atoms with Crippen molar-refractivity contribution in [3.8, 4) is 11.3 Å². The van der Waals surface area contributed by atoms with E-state index in [-0.39, 0.29) is 12.1 Å². The van der Waals surface area contributed by atoms with Crippen molar-refractivity contribution in [2.24, 2.45) is 0 Å². The minimum absolute atomic E-state index is 0.00539. The first-order valence-corrected chi connectivity index (χ1v) is 9.01. The largest absolute Gasteiger partial charge is 0.368 e. The number of halogens is 2. The summed E-state index contributed by atoms with van der Waals surface area (Å²) in [7, 11) is 0. The Kier molecular flexibility index (Phi) is 3.81. The van der Waals surface area contributed by atoms with Gasteiger partial charge in [0.2, 0.25) is 5.95 Å². The molecule has 4 heterocycles. The van der Waals surface area contributed by atoms with Crippen LogP contribution in [-0.2, 0) is 11.3 Å². The lowest BCUT2D eigenvalue weighted by Crippen LogP contribution is -2.32. The van der Waals surface area contributed by atoms with Crippen LogP contribution in [0.5, 0.6) is 0 Å². The summed E-state index contributed by atoms with van der Waals surface area (Å²) in [6, 6.07) is 11.6. The molecule has 0 radical (unpaired) electrons. The van der Waals surface area contributed by atoms with Gasteiger partial charge in [-0.15, -0.1) is 5.10 Å². The Bertz CT molecular complexity index is 943. The molecule has 0 aliphatic carbocycles. The van der Waals surface area contributed by atoms with Crippen molar-refractivity contribution in [2.75, 3.05) is 18.0 Å². The highest BCUT2D eigenvalue weighted by Gasteiger charge is 2.41. The van der Waals surface area contributed by atoms with Crippen LogP contribution in [0.3, 0.4) is 0 Å².